The van der Waals surface area contributed by atoms with E-state index in [9.17, 15) is 0 Å². The van der Waals surface area contributed by atoms with Crippen LogP contribution in [0.15, 0.2) is 24.4 Å². The van der Waals surface area contributed by atoms with Crippen LogP contribution in [0, 0.1) is 0 Å². The van der Waals surface area contributed by atoms with Gasteiger partial charge in [0.25, 0.3) is 0 Å². The van der Waals surface area contributed by atoms with Crippen LogP contribution in [0.3, 0.4) is 0 Å². The van der Waals surface area contributed by atoms with E-state index < -0.39 is 0 Å². The molecule has 0 aromatic carbocycles. The Bertz CT molecular complexity index is 344. The van der Waals surface area contributed by atoms with Crippen molar-refractivity contribution < 1.29 is 0 Å². The van der Waals surface area contributed by atoms with Crippen molar-refractivity contribution in [1.29, 1.82) is 0 Å². The summed E-state index contributed by atoms with van der Waals surface area (Å²) in [6.07, 6.45) is 7.04. The molecule has 1 unspecified atom stereocenters. The second-order valence-corrected chi connectivity index (χ2v) is 5.55. The van der Waals surface area contributed by atoms with Crippen molar-refractivity contribution in [3.05, 3.63) is 30.1 Å². The lowest BCUT2D eigenvalue weighted by Crippen LogP contribution is -2.48. The zero-order chi connectivity index (χ0) is 12.8. The molecule has 1 aliphatic heterocycles. The molecule has 0 bridgehead atoms. The van der Waals surface area contributed by atoms with E-state index >= 15 is 0 Å². The quantitative estimate of drug-likeness (QED) is 0.837. The van der Waals surface area contributed by atoms with Gasteiger partial charge in [-0.15, -0.1) is 0 Å². The molecule has 1 saturated heterocycles. The maximum absolute atomic E-state index is 4.40. The number of nitrogens with one attached hydrogen (secondary N) is 1. The Balaban J connectivity index is 1.91. The van der Waals surface area contributed by atoms with Crippen LogP contribution in [-0.2, 0) is 6.54 Å². The molecule has 2 rings (SSSR count). The van der Waals surface area contributed by atoms with Gasteiger partial charge in [-0.25, -0.2) is 0 Å². The summed E-state index contributed by atoms with van der Waals surface area (Å²) in [4.78, 5) is 6.80. The first-order valence-corrected chi connectivity index (χ1v) is 7.08. The van der Waals surface area contributed by atoms with Gasteiger partial charge in [0.15, 0.2) is 0 Å². The van der Waals surface area contributed by atoms with Crippen LogP contribution in [0.1, 0.15) is 38.3 Å². The lowest BCUT2D eigenvalue weighted by atomic mass is 9.91. The summed E-state index contributed by atoms with van der Waals surface area (Å²) in [6.45, 7) is 5.52. The van der Waals surface area contributed by atoms with Gasteiger partial charge in [-0.3, -0.25) is 9.88 Å². The van der Waals surface area contributed by atoms with Gasteiger partial charge in [0.1, 0.15) is 0 Å². The molecular weight excluding hydrogens is 222 g/mol. The van der Waals surface area contributed by atoms with E-state index in [1.807, 2.05) is 12.3 Å². The molecule has 2 heterocycles. The van der Waals surface area contributed by atoms with Gasteiger partial charge in [0.2, 0.25) is 0 Å². The fourth-order valence-corrected chi connectivity index (χ4v) is 3.12. The topological polar surface area (TPSA) is 28.2 Å². The summed E-state index contributed by atoms with van der Waals surface area (Å²) in [5.74, 6) is 0. The SMILES string of the molecule is CCCC1(CN(C)Cc2ccccn2)CCCN1. The zero-order valence-electron chi connectivity index (χ0n) is 11.7. The van der Waals surface area contributed by atoms with Crippen molar-refractivity contribution in [3.8, 4) is 0 Å². The van der Waals surface area contributed by atoms with Crippen LogP contribution < -0.4 is 5.32 Å². The lowest BCUT2D eigenvalue weighted by Gasteiger charge is -2.33. The lowest BCUT2D eigenvalue weighted by molar-refractivity contribution is 0.206. The minimum Gasteiger partial charge on any atom is -0.310 e. The Morgan fingerprint density at radius 3 is 2.94 bits per heavy atom. The van der Waals surface area contributed by atoms with Crippen LogP contribution in [0.5, 0.6) is 0 Å². The smallest absolute Gasteiger partial charge is 0.0543 e. The molecular formula is C15H25N3. The minimum atomic E-state index is 0.346. The zero-order valence-corrected chi connectivity index (χ0v) is 11.7. The minimum absolute atomic E-state index is 0.346. The first-order valence-electron chi connectivity index (χ1n) is 7.08. The predicted molar refractivity (Wildman–Crippen MR) is 75.4 cm³/mol. The van der Waals surface area contributed by atoms with Crippen LogP contribution in [-0.4, -0.2) is 35.6 Å². The number of hydrogen-bond donors (Lipinski definition) is 1. The summed E-state index contributed by atoms with van der Waals surface area (Å²) in [7, 11) is 2.20. The Hall–Kier alpha value is -0.930. The van der Waals surface area contributed by atoms with Crippen LogP contribution in [0.2, 0.25) is 0 Å². The van der Waals surface area contributed by atoms with E-state index in [4.69, 9.17) is 0 Å². The molecule has 1 aromatic heterocycles. The third-order valence-corrected chi connectivity index (χ3v) is 3.79. The Kier molecular flexibility index (Phi) is 4.72. The van der Waals surface area contributed by atoms with Crippen LogP contribution >= 0.6 is 0 Å². The number of hydrogen-bond acceptors (Lipinski definition) is 3. The van der Waals surface area contributed by atoms with Crippen molar-refractivity contribution in [2.45, 2.75) is 44.7 Å². The third-order valence-electron chi connectivity index (χ3n) is 3.79. The highest BCUT2D eigenvalue weighted by Gasteiger charge is 2.33. The molecule has 3 heteroatoms. The third kappa shape index (κ3) is 3.53. The van der Waals surface area contributed by atoms with E-state index in [1.54, 1.807) is 0 Å². The molecule has 1 N–H and O–H groups in total. The van der Waals surface area contributed by atoms with Gasteiger partial charge in [-0.1, -0.05) is 19.4 Å². The number of aromatic nitrogens is 1. The van der Waals surface area contributed by atoms with Gasteiger partial charge in [-0.05, 0) is 45.0 Å². The molecule has 18 heavy (non-hydrogen) atoms. The van der Waals surface area contributed by atoms with Crippen molar-refractivity contribution in [2.24, 2.45) is 0 Å². The average Bonchev–Trinajstić information content (AvgIpc) is 2.79. The summed E-state index contributed by atoms with van der Waals surface area (Å²) < 4.78 is 0. The summed E-state index contributed by atoms with van der Waals surface area (Å²) in [6, 6.07) is 6.14. The number of likely N-dealkylation sites (N-methyl/N-ethyl adjacent to an activating group) is 1. The molecule has 0 amide bonds. The summed E-state index contributed by atoms with van der Waals surface area (Å²) in [5, 5.41) is 3.73. The number of pyridine rings is 1. The maximum atomic E-state index is 4.40. The van der Waals surface area contributed by atoms with Gasteiger partial charge >= 0.3 is 0 Å². The molecule has 100 valence electrons. The fourth-order valence-electron chi connectivity index (χ4n) is 3.12. The molecule has 1 atom stereocenters. The monoisotopic (exact) mass is 247 g/mol. The summed E-state index contributed by atoms with van der Waals surface area (Å²) >= 11 is 0. The van der Waals surface area contributed by atoms with Crippen molar-refractivity contribution in [2.75, 3.05) is 20.1 Å². The largest absolute Gasteiger partial charge is 0.310 e. The van der Waals surface area contributed by atoms with E-state index in [1.165, 1.54) is 32.2 Å². The molecule has 0 spiro atoms. The Morgan fingerprint density at radius 1 is 1.44 bits per heavy atom. The molecule has 1 aromatic rings. The highest BCUT2D eigenvalue weighted by molar-refractivity contribution is 5.04. The maximum Gasteiger partial charge on any atom is 0.0543 e. The Morgan fingerprint density at radius 2 is 2.33 bits per heavy atom. The molecule has 0 aliphatic carbocycles. The fraction of sp³-hybridized carbons (Fsp3) is 0.667. The van der Waals surface area contributed by atoms with Crippen molar-refractivity contribution in [1.82, 2.24) is 15.2 Å². The average molecular weight is 247 g/mol. The normalized spacial score (nSPS) is 23.7. The highest BCUT2D eigenvalue weighted by atomic mass is 15.2. The molecule has 0 radical (unpaired) electrons. The van der Waals surface area contributed by atoms with Gasteiger partial charge in [0.05, 0.1) is 5.69 Å². The summed E-state index contributed by atoms with van der Waals surface area (Å²) in [5.41, 5.74) is 1.50. The van der Waals surface area contributed by atoms with Crippen molar-refractivity contribution in [3.63, 3.8) is 0 Å². The van der Waals surface area contributed by atoms with E-state index in [0.29, 0.717) is 5.54 Å². The predicted octanol–water partition coefficient (Wildman–Crippen LogP) is 2.44. The Labute approximate surface area is 111 Å². The second kappa shape index (κ2) is 6.30. The van der Waals surface area contributed by atoms with Gasteiger partial charge in [0, 0.05) is 24.8 Å². The molecule has 1 fully saturated rings. The highest BCUT2D eigenvalue weighted by Crippen LogP contribution is 2.25. The first-order chi connectivity index (χ1) is 8.74. The second-order valence-electron chi connectivity index (χ2n) is 5.55. The molecule has 3 nitrogen and oxygen atoms in total. The van der Waals surface area contributed by atoms with E-state index in [-0.39, 0.29) is 0 Å². The van der Waals surface area contributed by atoms with Gasteiger partial charge < -0.3 is 5.32 Å². The van der Waals surface area contributed by atoms with Crippen molar-refractivity contribution >= 4 is 0 Å². The van der Waals surface area contributed by atoms with E-state index in [2.05, 4.69) is 41.3 Å². The van der Waals surface area contributed by atoms with Crippen LogP contribution in [0.25, 0.3) is 0 Å². The first kappa shape index (κ1) is 13.5. The standard InChI is InChI=1S/C15H25N3/c1-3-8-15(9-6-11-17-15)13-18(2)12-14-7-4-5-10-16-14/h4-5,7,10,17H,3,6,8-9,11-13H2,1-2H3. The van der Waals surface area contributed by atoms with E-state index in [0.717, 1.165) is 18.8 Å². The van der Waals surface area contributed by atoms with Crippen LogP contribution in [0.4, 0.5) is 0 Å². The van der Waals surface area contributed by atoms with Gasteiger partial charge in [-0.2, -0.15) is 0 Å². The molecule has 1 aliphatic rings. The molecule has 0 saturated carbocycles. The number of nitrogens with zero attached hydrogens (tertiary/aromatic N) is 2. The number of rotatable bonds is 6.